The maximum atomic E-state index is 13.6. The third kappa shape index (κ3) is 3.64. The lowest BCUT2D eigenvalue weighted by Crippen LogP contribution is -2.09. The van der Waals surface area contributed by atoms with Gasteiger partial charge in [0.2, 0.25) is 0 Å². The fraction of sp³-hybridized carbons (Fsp3) is 0.133. The molecule has 2 aromatic carbocycles. The second-order valence-corrected chi connectivity index (χ2v) is 5.59. The third-order valence-corrected chi connectivity index (χ3v) is 3.96. The quantitative estimate of drug-likeness (QED) is 0.771. The molecule has 0 bridgehead atoms. The van der Waals surface area contributed by atoms with E-state index in [-0.39, 0.29) is 29.2 Å². The summed E-state index contributed by atoms with van der Waals surface area (Å²) in [5.74, 6) is -1.16. The van der Waals surface area contributed by atoms with E-state index in [1.165, 1.54) is 36.4 Å². The Morgan fingerprint density at radius 1 is 1.15 bits per heavy atom. The first-order valence-corrected chi connectivity index (χ1v) is 7.03. The molecule has 104 valence electrons. The highest BCUT2D eigenvalue weighted by Gasteiger charge is 2.14. The van der Waals surface area contributed by atoms with Crippen LogP contribution in [-0.4, -0.2) is 5.78 Å². The summed E-state index contributed by atoms with van der Waals surface area (Å²) in [6.45, 7) is 0. The molecule has 0 aliphatic carbocycles. The summed E-state index contributed by atoms with van der Waals surface area (Å²) in [7, 11) is 0. The summed E-state index contributed by atoms with van der Waals surface area (Å²) in [5, 5.41) is 0.219. The molecule has 0 N–H and O–H groups in total. The minimum atomic E-state index is -0.510. The number of benzene rings is 2. The van der Waals surface area contributed by atoms with Crippen LogP contribution in [0.5, 0.6) is 0 Å². The largest absolute Gasteiger partial charge is 0.299 e. The van der Waals surface area contributed by atoms with Crippen LogP contribution < -0.4 is 0 Å². The lowest BCUT2D eigenvalue weighted by molar-refractivity contribution is -0.117. The van der Waals surface area contributed by atoms with Crippen LogP contribution in [0, 0.1) is 11.6 Å². The average molecular weight is 360 g/mol. The van der Waals surface area contributed by atoms with Gasteiger partial charge in [0, 0.05) is 27.9 Å². The molecule has 0 saturated heterocycles. The van der Waals surface area contributed by atoms with E-state index in [4.69, 9.17) is 11.6 Å². The number of carbonyl (C=O) groups is 1. The molecule has 0 unspecified atom stereocenters. The van der Waals surface area contributed by atoms with Crippen molar-refractivity contribution in [1.29, 1.82) is 0 Å². The summed E-state index contributed by atoms with van der Waals surface area (Å²) in [5.41, 5.74) is 0.703. The van der Waals surface area contributed by atoms with Crippen molar-refractivity contribution in [1.82, 2.24) is 0 Å². The molecule has 20 heavy (non-hydrogen) atoms. The van der Waals surface area contributed by atoms with Crippen molar-refractivity contribution in [3.8, 4) is 0 Å². The van der Waals surface area contributed by atoms with Gasteiger partial charge in [0.25, 0.3) is 0 Å². The maximum absolute atomic E-state index is 13.6. The molecule has 0 spiro atoms. The van der Waals surface area contributed by atoms with E-state index in [1.54, 1.807) is 0 Å². The van der Waals surface area contributed by atoms with Crippen LogP contribution in [-0.2, 0) is 17.6 Å². The van der Waals surface area contributed by atoms with Gasteiger partial charge in [0.15, 0.2) is 0 Å². The molecule has 0 saturated carbocycles. The van der Waals surface area contributed by atoms with Gasteiger partial charge in [-0.25, -0.2) is 8.78 Å². The Kier molecular flexibility index (Phi) is 4.89. The zero-order valence-corrected chi connectivity index (χ0v) is 12.6. The molecule has 0 amide bonds. The zero-order chi connectivity index (χ0) is 14.7. The Morgan fingerprint density at radius 2 is 1.90 bits per heavy atom. The van der Waals surface area contributed by atoms with Crippen molar-refractivity contribution in [3.05, 3.63) is 68.7 Å². The van der Waals surface area contributed by atoms with E-state index in [9.17, 15) is 13.6 Å². The van der Waals surface area contributed by atoms with E-state index in [1.807, 2.05) is 0 Å². The van der Waals surface area contributed by atoms with Crippen molar-refractivity contribution in [3.63, 3.8) is 0 Å². The molecule has 2 aromatic rings. The molecular weight excluding hydrogens is 350 g/mol. The predicted octanol–water partition coefficient (Wildman–Crippen LogP) is 4.74. The number of hydrogen-bond acceptors (Lipinski definition) is 1. The molecule has 0 aromatic heterocycles. The van der Waals surface area contributed by atoms with Gasteiger partial charge in [0.1, 0.15) is 17.4 Å². The molecule has 0 heterocycles. The number of rotatable bonds is 4. The Morgan fingerprint density at radius 3 is 2.60 bits per heavy atom. The number of Topliss-reactive ketones (excluding diaryl/α,β-unsaturated/α-hetero) is 1. The summed E-state index contributed by atoms with van der Waals surface area (Å²) in [4.78, 5) is 12.0. The van der Waals surface area contributed by atoms with Crippen molar-refractivity contribution in [2.45, 2.75) is 12.8 Å². The highest BCUT2D eigenvalue weighted by molar-refractivity contribution is 9.10. The highest BCUT2D eigenvalue weighted by Crippen LogP contribution is 2.22. The first kappa shape index (κ1) is 15.1. The van der Waals surface area contributed by atoms with E-state index in [2.05, 4.69) is 15.9 Å². The third-order valence-electron chi connectivity index (χ3n) is 2.83. The summed E-state index contributed by atoms with van der Waals surface area (Å²) in [6.07, 6.45) is -0.0997. The van der Waals surface area contributed by atoms with Crippen LogP contribution in [0.1, 0.15) is 11.1 Å². The monoisotopic (exact) mass is 358 g/mol. The predicted molar refractivity (Wildman–Crippen MR) is 77.9 cm³/mol. The van der Waals surface area contributed by atoms with E-state index < -0.39 is 11.6 Å². The summed E-state index contributed by atoms with van der Waals surface area (Å²) < 4.78 is 27.4. The van der Waals surface area contributed by atoms with E-state index in [0.717, 1.165) is 0 Å². The molecule has 0 aliphatic rings. The van der Waals surface area contributed by atoms with Crippen molar-refractivity contribution >= 4 is 33.3 Å². The smallest absolute Gasteiger partial charge is 0.141 e. The molecule has 2 rings (SSSR count). The standard InChI is InChI=1S/C15H10BrClF2O/c16-13-5-4-10(18)6-9(13)7-11(20)8-12-14(17)2-1-3-15(12)19/h1-6H,7-8H2. The van der Waals surface area contributed by atoms with Gasteiger partial charge < -0.3 is 0 Å². The van der Waals surface area contributed by atoms with Crippen molar-refractivity contribution in [2.75, 3.05) is 0 Å². The molecule has 1 nitrogen and oxygen atoms in total. The van der Waals surface area contributed by atoms with Gasteiger partial charge in [-0.15, -0.1) is 0 Å². The van der Waals surface area contributed by atoms with E-state index in [0.29, 0.717) is 10.0 Å². The van der Waals surface area contributed by atoms with Crippen LogP contribution in [0.25, 0.3) is 0 Å². The van der Waals surface area contributed by atoms with Crippen LogP contribution in [0.2, 0.25) is 5.02 Å². The molecule has 0 fully saturated rings. The first-order chi connectivity index (χ1) is 9.47. The topological polar surface area (TPSA) is 17.1 Å². The Labute approximate surface area is 128 Å². The fourth-order valence-electron chi connectivity index (χ4n) is 1.85. The van der Waals surface area contributed by atoms with Gasteiger partial charge in [-0.3, -0.25) is 4.79 Å². The average Bonchev–Trinajstić information content (AvgIpc) is 2.38. The summed E-state index contributed by atoms with van der Waals surface area (Å²) >= 11 is 9.13. The molecule has 0 atom stereocenters. The fourth-order valence-corrected chi connectivity index (χ4v) is 2.47. The normalized spacial score (nSPS) is 10.6. The van der Waals surface area contributed by atoms with Gasteiger partial charge >= 0.3 is 0 Å². The zero-order valence-electron chi connectivity index (χ0n) is 10.3. The van der Waals surface area contributed by atoms with Crippen LogP contribution >= 0.6 is 27.5 Å². The number of carbonyl (C=O) groups excluding carboxylic acids is 1. The molecule has 0 radical (unpaired) electrons. The summed E-state index contributed by atoms with van der Waals surface area (Å²) in [6, 6.07) is 8.39. The van der Waals surface area contributed by atoms with Crippen molar-refractivity contribution in [2.24, 2.45) is 0 Å². The van der Waals surface area contributed by atoms with Crippen LogP contribution in [0.3, 0.4) is 0 Å². The Bertz CT molecular complexity index is 638. The lowest BCUT2D eigenvalue weighted by Gasteiger charge is -2.07. The van der Waals surface area contributed by atoms with Gasteiger partial charge in [-0.1, -0.05) is 33.6 Å². The minimum Gasteiger partial charge on any atom is -0.299 e. The first-order valence-electron chi connectivity index (χ1n) is 5.86. The number of hydrogen-bond donors (Lipinski definition) is 0. The Balaban J connectivity index is 2.15. The van der Waals surface area contributed by atoms with Gasteiger partial charge in [0.05, 0.1) is 0 Å². The van der Waals surface area contributed by atoms with Crippen LogP contribution in [0.15, 0.2) is 40.9 Å². The second-order valence-electron chi connectivity index (χ2n) is 4.33. The number of ketones is 1. The van der Waals surface area contributed by atoms with Crippen LogP contribution in [0.4, 0.5) is 8.78 Å². The van der Waals surface area contributed by atoms with Gasteiger partial charge in [-0.05, 0) is 35.9 Å². The van der Waals surface area contributed by atoms with E-state index >= 15 is 0 Å². The van der Waals surface area contributed by atoms with Crippen molar-refractivity contribution < 1.29 is 13.6 Å². The lowest BCUT2D eigenvalue weighted by atomic mass is 10.0. The molecule has 5 heteroatoms. The maximum Gasteiger partial charge on any atom is 0.141 e. The highest BCUT2D eigenvalue weighted by atomic mass is 79.9. The Hall–Kier alpha value is -1.26. The molecule has 0 aliphatic heterocycles. The number of halogens is 4. The molecular formula is C15H10BrClF2O. The SMILES string of the molecule is O=C(Cc1cc(F)ccc1Br)Cc1c(F)cccc1Cl. The van der Waals surface area contributed by atoms with Gasteiger partial charge in [-0.2, -0.15) is 0 Å². The minimum absolute atomic E-state index is 0.0169. The second kappa shape index (κ2) is 6.46.